The first-order chi connectivity index (χ1) is 40.3. The maximum absolute atomic E-state index is 17.2. The number of pyridine rings is 1. The van der Waals surface area contributed by atoms with Crippen molar-refractivity contribution in [1.29, 1.82) is 0 Å². The molecule has 4 aliphatic heterocycles. The molecule has 17 nitrogen and oxygen atoms in total. The van der Waals surface area contributed by atoms with Gasteiger partial charge in [-0.15, -0.1) is 16.6 Å². The van der Waals surface area contributed by atoms with Crippen LogP contribution in [0.4, 0.5) is 27.8 Å². The zero-order chi connectivity index (χ0) is 58.8. The minimum Gasteiger partial charge on any atom is -0.508 e. The SMILES string of the molecule is C#Cc1c(F)ccc2cc(O)cc(-c3ncc4c(N5CC6CCC(C5)N6)nc(OCC5(CN6CCN(CC7CCN(Cc8ccc(-n9c(C(=O)NC(C)C(F)(F)F)nnc9-c9cc(C(C)C)c(O)cc9O)cc8)CC7)CC6)CC5)nc4c3F)c12. The molecule has 12 rings (SSSR count). The van der Waals surface area contributed by atoms with Crippen molar-refractivity contribution in [2.75, 3.05) is 77.0 Å². The number of rotatable bonds is 16. The summed E-state index contributed by atoms with van der Waals surface area (Å²) in [5.74, 6) is -0.135. The smallest absolute Gasteiger partial charge is 0.408 e. The number of nitrogens with zero attached hydrogens (tertiary/aromatic N) is 10. The number of likely N-dealkylation sites (tertiary alicyclic amines) is 1. The number of alkyl halides is 3. The van der Waals surface area contributed by atoms with Crippen molar-refractivity contribution in [2.45, 2.75) is 96.1 Å². The summed E-state index contributed by atoms with van der Waals surface area (Å²) in [6.45, 7) is 14.4. The Bertz CT molecular complexity index is 3670. The quantitative estimate of drug-likeness (QED) is 0.0455. The molecule has 2 bridgehead atoms. The number of ether oxygens (including phenoxy) is 1. The van der Waals surface area contributed by atoms with E-state index in [9.17, 15) is 33.3 Å². The van der Waals surface area contributed by atoms with Gasteiger partial charge >= 0.3 is 12.2 Å². The maximum atomic E-state index is 17.2. The number of nitrogens with one attached hydrogen (secondary N) is 2. The van der Waals surface area contributed by atoms with Crippen molar-refractivity contribution in [3.63, 3.8) is 0 Å². The molecule has 7 aromatic rings. The lowest BCUT2D eigenvalue weighted by Gasteiger charge is -2.39. The Balaban J connectivity index is 0.666. The summed E-state index contributed by atoms with van der Waals surface area (Å²) in [5.41, 5.74) is 1.95. The van der Waals surface area contributed by atoms with Gasteiger partial charge in [-0.3, -0.25) is 19.2 Å². The zero-order valence-electron chi connectivity index (χ0n) is 47.1. The summed E-state index contributed by atoms with van der Waals surface area (Å²) < 4.78 is 80.7. The van der Waals surface area contributed by atoms with E-state index in [1.165, 1.54) is 34.9 Å². The molecule has 0 spiro atoms. The third kappa shape index (κ3) is 11.5. The van der Waals surface area contributed by atoms with Gasteiger partial charge in [0.25, 0.3) is 5.91 Å². The van der Waals surface area contributed by atoms with E-state index in [-0.39, 0.29) is 85.8 Å². The predicted molar refractivity (Wildman–Crippen MR) is 307 cm³/mol. The number of fused-ring (bicyclic) bond motifs is 4. The van der Waals surface area contributed by atoms with Gasteiger partial charge in [0.05, 0.1) is 23.1 Å². The highest BCUT2D eigenvalue weighted by atomic mass is 19.4. The van der Waals surface area contributed by atoms with Gasteiger partial charge in [0.2, 0.25) is 5.82 Å². The molecule has 4 saturated heterocycles. The molecule has 3 aromatic heterocycles. The van der Waals surface area contributed by atoms with Gasteiger partial charge < -0.3 is 45.4 Å². The molecule has 1 amide bonds. The number of aromatic hydroxyl groups is 3. The molecule has 3 atom stereocenters. The van der Waals surface area contributed by atoms with E-state index in [1.54, 1.807) is 24.4 Å². The molecule has 1 aliphatic carbocycles. The molecule has 440 valence electrons. The second kappa shape index (κ2) is 22.7. The number of benzene rings is 4. The second-order valence-corrected chi connectivity index (χ2v) is 24.0. The Kier molecular flexibility index (Phi) is 15.3. The number of piperazine rings is 2. The van der Waals surface area contributed by atoms with E-state index in [4.69, 9.17) is 21.1 Å². The first-order valence-corrected chi connectivity index (χ1v) is 28.9. The normalized spacial score (nSPS) is 20.0. The third-order valence-electron chi connectivity index (χ3n) is 17.6. The van der Waals surface area contributed by atoms with Crippen molar-refractivity contribution < 1.29 is 46.8 Å². The molecule has 5 fully saturated rings. The summed E-state index contributed by atoms with van der Waals surface area (Å²) >= 11 is 0. The van der Waals surface area contributed by atoms with E-state index in [1.807, 2.05) is 31.3 Å². The maximum Gasteiger partial charge on any atom is 0.408 e. The number of amides is 1. The standard InChI is InChI=1S/C62H67F5N12O5/c1-5-44-49(63)13-8-39-24-43(80)25-47(52(39)44)54-53(64)55-48(28-68-54)56(78-31-40-9-10-41(32-78)70-40)72-60(71-55)84-34-61(16-17-61)33-77-22-20-76(21-23-77)30-38-14-18-75(19-15-38)29-37-6-11-42(12-7-37)79-57(46-26-45(35(2)3)50(81)27-51(46)82)73-74-58(79)59(83)69-36(4)62(65,66)67/h1,6-8,11-13,24-28,35-36,38,40-41,70,80-82H,9-10,14-23,29-34H2,2-4H3,(H,69,83). The third-order valence-corrected chi connectivity index (χ3v) is 17.6. The Morgan fingerprint density at radius 2 is 1.57 bits per heavy atom. The lowest BCUT2D eigenvalue weighted by atomic mass is 9.95. The molecule has 7 heterocycles. The van der Waals surface area contributed by atoms with Gasteiger partial charge in [-0.2, -0.15) is 23.1 Å². The first kappa shape index (κ1) is 56.8. The monoisotopic (exact) mass is 1150 g/mol. The highest BCUT2D eigenvalue weighted by molar-refractivity contribution is 6.03. The highest BCUT2D eigenvalue weighted by Crippen LogP contribution is 2.47. The van der Waals surface area contributed by atoms with Crippen molar-refractivity contribution in [1.82, 2.24) is 55.0 Å². The number of phenolic OH excluding ortho intramolecular Hbond substituents is 3. The number of carbonyl (C=O) groups is 1. The van der Waals surface area contributed by atoms with Gasteiger partial charge in [-0.1, -0.05) is 38.0 Å². The highest BCUT2D eigenvalue weighted by Gasteiger charge is 2.46. The van der Waals surface area contributed by atoms with Gasteiger partial charge in [0, 0.05) is 105 Å². The van der Waals surface area contributed by atoms with Crippen LogP contribution in [-0.4, -0.2) is 162 Å². The Hall–Kier alpha value is -7.71. The number of piperidine rings is 1. The van der Waals surface area contributed by atoms with Crippen LogP contribution in [0.25, 0.3) is 50.0 Å². The number of carbonyl (C=O) groups excluding carboxylic acids is 1. The average molecular weight is 1160 g/mol. The number of halogens is 5. The van der Waals surface area contributed by atoms with Gasteiger partial charge in [0.1, 0.15) is 46.1 Å². The molecule has 0 radical (unpaired) electrons. The minimum atomic E-state index is -4.69. The van der Waals surface area contributed by atoms with E-state index < -0.39 is 35.6 Å². The fourth-order valence-electron chi connectivity index (χ4n) is 12.7. The second-order valence-electron chi connectivity index (χ2n) is 24.0. The van der Waals surface area contributed by atoms with E-state index >= 15 is 8.78 Å². The molecule has 5 N–H and O–H groups in total. The lowest BCUT2D eigenvalue weighted by Crippen LogP contribution is -2.51. The minimum absolute atomic E-state index is 0.0170. The topological polar surface area (TPSA) is 193 Å². The van der Waals surface area contributed by atoms with Crippen LogP contribution in [0.5, 0.6) is 23.3 Å². The van der Waals surface area contributed by atoms with Crippen LogP contribution in [0.15, 0.2) is 66.9 Å². The van der Waals surface area contributed by atoms with Crippen molar-refractivity contribution in [2.24, 2.45) is 11.3 Å². The average Bonchev–Trinajstić information content (AvgIpc) is 2.42. The van der Waals surface area contributed by atoms with Crippen LogP contribution < -0.4 is 20.3 Å². The molecular formula is C62H67F5N12O5. The Morgan fingerprint density at radius 1 is 0.857 bits per heavy atom. The van der Waals surface area contributed by atoms with Crippen molar-refractivity contribution >= 4 is 33.4 Å². The molecule has 3 unspecified atom stereocenters. The Morgan fingerprint density at radius 3 is 2.25 bits per heavy atom. The van der Waals surface area contributed by atoms with Crippen LogP contribution in [-0.2, 0) is 6.54 Å². The molecule has 22 heteroatoms. The fourth-order valence-corrected chi connectivity index (χ4v) is 12.7. The van der Waals surface area contributed by atoms with Crippen LogP contribution in [0.2, 0.25) is 0 Å². The predicted octanol–water partition coefficient (Wildman–Crippen LogP) is 8.90. The molecule has 1 saturated carbocycles. The number of aromatic nitrogens is 6. The number of phenols is 3. The largest absolute Gasteiger partial charge is 0.508 e. The summed E-state index contributed by atoms with van der Waals surface area (Å²) in [6.07, 6.45) is 8.76. The van der Waals surface area contributed by atoms with Crippen LogP contribution in [0, 0.1) is 35.3 Å². The summed E-state index contributed by atoms with van der Waals surface area (Å²) in [4.78, 5) is 37.3. The Labute approximate surface area is 482 Å². The fraction of sp³-hybridized carbons (Fsp3) is 0.452. The summed E-state index contributed by atoms with van der Waals surface area (Å²) in [7, 11) is 0. The molecule has 84 heavy (non-hydrogen) atoms. The van der Waals surface area contributed by atoms with Gasteiger partial charge in [0.15, 0.2) is 11.6 Å². The van der Waals surface area contributed by atoms with Crippen LogP contribution >= 0.6 is 0 Å². The van der Waals surface area contributed by atoms with Gasteiger partial charge in [-0.05, 0) is 123 Å². The van der Waals surface area contributed by atoms with Crippen LogP contribution in [0.3, 0.4) is 0 Å². The van der Waals surface area contributed by atoms with E-state index in [0.29, 0.717) is 60.0 Å². The summed E-state index contributed by atoms with van der Waals surface area (Å²) in [6, 6.07) is 14.0. The lowest BCUT2D eigenvalue weighted by molar-refractivity contribution is -0.149. The molecule has 5 aliphatic rings. The van der Waals surface area contributed by atoms with Gasteiger partial charge in [-0.25, -0.2) is 8.78 Å². The summed E-state index contributed by atoms with van der Waals surface area (Å²) in [5, 5.41) is 47.2. The molecule has 4 aromatic carbocycles. The number of hydrogen-bond acceptors (Lipinski definition) is 15. The zero-order valence-corrected chi connectivity index (χ0v) is 47.1. The molecular weight excluding hydrogens is 1090 g/mol. The number of anilines is 1. The number of hydrogen-bond donors (Lipinski definition) is 5. The van der Waals surface area contributed by atoms with Crippen molar-refractivity contribution in [3.05, 3.63) is 101 Å². The number of terminal acetylenes is 1. The van der Waals surface area contributed by atoms with Crippen LogP contribution in [0.1, 0.15) is 92.5 Å². The van der Waals surface area contributed by atoms with E-state index in [2.05, 4.69) is 46.0 Å². The van der Waals surface area contributed by atoms with Crippen molar-refractivity contribution in [3.8, 4) is 63.9 Å². The van der Waals surface area contributed by atoms with E-state index in [0.717, 1.165) is 103 Å². The first-order valence-electron chi connectivity index (χ1n) is 28.9.